The van der Waals surface area contributed by atoms with Gasteiger partial charge in [0, 0.05) is 31.6 Å². The minimum absolute atomic E-state index is 0.0734. The monoisotopic (exact) mass is 367 g/mol. The van der Waals surface area contributed by atoms with Crippen molar-refractivity contribution in [3.63, 3.8) is 0 Å². The molecule has 138 valence electrons. The van der Waals surface area contributed by atoms with Gasteiger partial charge >= 0.3 is 0 Å². The zero-order chi connectivity index (χ0) is 18.1. The number of hydrogen-bond acceptors (Lipinski definition) is 4. The predicted octanol–water partition coefficient (Wildman–Crippen LogP) is 1.75. The molecule has 2 N–H and O–H groups in total. The zero-order valence-electron chi connectivity index (χ0n) is 14.6. The molecule has 0 aromatic heterocycles. The summed E-state index contributed by atoms with van der Waals surface area (Å²) in [4.78, 5) is 26.0. The smallest absolute Gasteiger partial charge is 0.222 e. The molecule has 0 bridgehead atoms. The van der Waals surface area contributed by atoms with Gasteiger partial charge in [-0.25, -0.2) is 0 Å². The van der Waals surface area contributed by atoms with Crippen molar-refractivity contribution in [2.75, 3.05) is 39.4 Å². The topological polar surface area (TPSA) is 70.7 Å². The molecule has 1 fully saturated rings. The molecule has 1 aliphatic heterocycles. The summed E-state index contributed by atoms with van der Waals surface area (Å²) in [7, 11) is 0. The number of halogens is 1. The van der Waals surface area contributed by atoms with Crippen LogP contribution >= 0.6 is 11.6 Å². The lowest BCUT2D eigenvalue weighted by molar-refractivity contribution is -0.122. The Balaban J connectivity index is 1.76. The van der Waals surface area contributed by atoms with Gasteiger partial charge in [0.25, 0.3) is 0 Å². The Kier molecular flexibility index (Phi) is 8.18. The maximum atomic E-state index is 12.2. The molecule has 1 saturated heterocycles. The number of benzene rings is 1. The molecular formula is C18H26ClN3O3. The molecular weight excluding hydrogens is 342 g/mol. The fraction of sp³-hybridized carbons (Fsp3) is 0.556. The lowest BCUT2D eigenvalue weighted by atomic mass is 10.0. The minimum atomic E-state index is -0.353. The lowest BCUT2D eigenvalue weighted by Crippen LogP contribution is -2.38. The molecule has 2 amide bonds. The summed E-state index contributed by atoms with van der Waals surface area (Å²) in [5.74, 6) is -0.240. The van der Waals surface area contributed by atoms with Crippen LogP contribution in [0.2, 0.25) is 5.02 Å². The van der Waals surface area contributed by atoms with Crippen molar-refractivity contribution in [1.82, 2.24) is 15.5 Å². The number of nitrogens with zero attached hydrogens (tertiary/aromatic N) is 1. The Labute approximate surface area is 153 Å². The second-order valence-electron chi connectivity index (χ2n) is 6.17. The van der Waals surface area contributed by atoms with Crippen LogP contribution in [0.25, 0.3) is 0 Å². The van der Waals surface area contributed by atoms with Crippen LogP contribution in [-0.2, 0) is 14.3 Å². The van der Waals surface area contributed by atoms with Gasteiger partial charge in [0.1, 0.15) is 0 Å². The molecule has 1 aromatic carbocycles. The van der Waals surface area contributed by atoms with Crippen LogP contribution in [-0.4, -0.2) is 56.1 Å². The number of hydrogen-bond donors (Lipinski definition) is 2. The molecule has 25 heavy (non-hydrogen) atoms. The van der Waals surface area contributed by atoms with Gasteiger partial charge in [-0.05, 0) is 30.7 Å². The maximum Gasteiger partial charge on any atom is 0.222 e. The van der Waals surface area contributed by atoms with Crippen molar-refractivity contribution in [2.45, 2.75) is 25.8 Å². The first-order valence-corrected chi connectivity index (χ1v) is 9.02. The second-order valence-corrected chi connectivity index (χ2v) is 6.60. The molecule has 0 spiro atoms. The summed E-state index contributed by atoms with van der Waals surface area (Å²) in [5, 5.41) is 6.38. The van der Waals surface area contributed by atoms with E-state index in [0.717, 1.165) is 44.8 Å². The number of amides is 2. The van der Waals surface area contributed by atoms with E-state index in [1.807, 2.05) is 12.1 Å². The second kappa shape index (κ2) is 10.4. The van der Waals surface area contributed by atoms with E-state index in [1.54, 1.807) is 12.1 Å². The standard InChI is InChI=1S/C18H26ClN3O3/c1-14(23)21-17(15-3-5-16(19)6-4-15)13-18(24)20-7-2-8-22-9-11-25-12-10-22/h3-6,17H,2,7-13H2,1H3,(H,20,24)(H,21,23). The molecule has 6 nitrogen and oxygen atoms in total. The number of morpholine rings is 1. The average molecular weight is 368 g/mol. The summed E-state index contributed by atoms with van der Waals surface area (Å²) in [6.07, 6.45) is 1.11. The first-order valence-electron chi connectivity index (χ1n) is 8.64. The van der Waals surface area contributed by atoms with Gasteiger partial charge in [0.15, 0.2) is 0 Å². The Morgan fingerprint density at radius 2 is 1.92 bits per heavy atom. The van der Waals surface area contributed by atoms with Crippen LogP contribution in [0.3, 0.4) is 0 Å². The van der Waals surface area contributed by atoms with E-state index < -0.39 is 0 Å². The Bertz CT molecular complexity index is 559. The van der Waals surface area contributed by atoms with Gasteiger partial charge in [0.05, 0.1) is 25.7 Å². The third-order valence-electron chi connectivity index (χ3n) is 4.12. The molecule has 1 atom stereocenters. The van der Waals surface area contributed by atoms with E-state index >= 15 is 0 Å². The van der Waals surface area contributed by atoms with E-state index in [-0.39, 0.29) is 24.3 Å². The quantitative estimate of drug-likeness (QED) is 0.687. The highest BCUT2D eigenvalue weighted by Crippen LogP contribution is 2.19. The van der Waals surface area contributed by atoms with Crippen LogP contribution in [0.1, 0.15) is 31.4 Å². The zero-order valence-corrected chi connectivity index (χ0v) is 15.3. The lowest BCUT2D eigenvalue weighted by Gasteiger charge is -2.26. The van der Waals surface area contributed by atoms with E-state index in [1.165, 1.54) is 6.92 Å². The number of nitrogens with one attached hydrogen (secondary N) is 2. The van der Waals surface area contributed by atoms with Crippen LogP contribution in [0.5, 0.6) is 0 Å². The third kappa shape index (κ3) is 7.42. The molecule has 0 saturated carbocycles. The molecule has 0 radical (unpaired) electrons. The number of carbonyl (C=O) groups is 2. The van der Waals surface area contributed by atoms with Crippen molar-refractivity contribution in [1.29, 1.82) is 0 Å². The van der Waals surface area contributed by atoms with Crippen molar-refractivity contribution >= 4 is 23.4 Å². The molecule has 1 aromatic rings. The number of rotatable bonds is 8. The van der Waals surface area contributed by atoms with Crippen molar-refractivity contribution in [3.05, 3.63) is 34.9 Å². The normalized spacial score (nSPS) is 16.2. The highest BCUT2D eigenvalue weighted by atomic mass is 35.5. The first-order chi connectivity index (χ1) is 12.0. The van der Waals surface area contributed by atoms with Gasteiger partial charge in [-0.1, -0.05) is 23.7 Å². The van der Waals surface area contributed by atoms with Gasteiger partial charge in [-0.15, -0.1) is 0 Å². The molecule has 1 aliphatic rings. The van der Waals surface area contributed by atoms with Crippen molar-refractivity contribution in [2.24, 2.45) is 0 Å². The molecule has 1 heterocycles. The summed E-state index contributed by atoms with van der Waals surface area (Å²) >= 11 is 5.90. The fourth-order valence-corrected chi connectivity index (χ4v) is 2.93. The molecule has 1 unspecified atom stereocenters. The van der Waals surface area contributed by atoms with E-state index in [2.05, 4.69) is 15.5 Å². The molecule has 0 aliphatic carbocycles. The van der Waals surface area contributed by atoms with Gasteiger partial charge in [0.2, 0.25) is 11.8 Å². The van der Waals surface area contributed by atoms with E-state index in [4.69, 9.17) is 16.3 Å². The number of ether oxygens (including phenoxy) is 1. The van der Waals surface area contributed by atoms with E-state index in [9.17, 15) is 9.59 Å². The Morgan fingerprint density at radius 3 is 2.56 bits per heavy atom. The maximum absolute atomic E-state index is 12.2. The third-order valence-corrected chi connectivity index (χ3v) is 4.37. The molecule has 7 heteroatoms. The minimum Gasteiger partial charge on any atom is -0.379 e. The summed E-state index contributed by atoms with van der Waals surface area (Å²) < 4.78 is 5.31. The average Bonchev–Trinajstić information content (AvgIpc) is 2.59. The highest BCUT2D eigenvalue weighted by Gasteiger charge is 2.17. The summed E-state index contributed by atoms with van der Waals surface area (Å²) in [5.41, 5.74) is 0.864. The SMILES string of the molecule is CC(=O)NC(CC(=O)NCCCN1CCOCC1)c1ccc(Cl)cc1. The Morgan fingerprint density at radius 1 is 1.24 bits per heavy atom. The predicted molar refractivity (Wildman–Crippen MR) is 97.5 cm³/mol. The summed E-state index contributed by atoms with van der Waals surface area (Å²) in [6, 6.07) is 6.82. The van der Waals surface area contributed by atoms with E-state index in [0.29, 0.717) is 11.6 Å². The van der Waals surface area contributed by atoms with Crippen LogP contribution in [0.4, 0.5) is 0 Å². The van der Waals surface area contributed by atoms with Gasteiger partial charge < -0.3 is 15.4 Å². The largest absolute Gasteiger partial charge is 0.379 e. The Hall–Kier alpha value is -1.63. The van der Waals surface area contributed by atoms with Gasteiger partial charge in [-0.2, -0.15) is 0 Å². The van der Waals surface area contributed by atoms with Crippen LogP contribution in [0, 0.1) is 0 Å². The first kappa shape index (κ1) is 19.7. The highest BCUT2D eigenvalue weighted by molar-refractivity contribution is 6.30. The van der Waals surface area contributed by atoms with Crippen molar-refractivity contribution in [3.8, 4) is 0 Å². The van der Waals surface area contributed by atoms with Crippen molar-refractivity contribution < 1.29 is 14.3 Å². The fourth-order valence-electron chi connectivity index (χ4n) is 2.81. The van der Waals surface area contributed by atoms with Crippen LogP contribution < -0.4 is 10.6 Å². The summed E-state index contributed by atoms with van der Waals surface area (Å²) in [6.45, 7) is 6.50. The number of carbonyl (C=O) groups excluding carboxylic acids is 2. The van der Waals surface area contributed by atoms with Gasteiger partial charge in [-0.3, -0.25) is 14.5 Å². The van der Waals surface area contributed by atoms with Crippen LogP contribution in [0.15, 0.2) is 24.3 Å². The molecule has 2 rings (SSSR count).